The van der Waals surface area contributed by atoms with Crippen LogP contribution in [0, 0.1) is 0 Å². The van der Waals surface area contributed by atoms with Gasteiger partial charge in [0.1, 0.15) is 5.60 Å². The third-order valence-electron chi connectivity index (χ3n) is 2.33. The first-order valence-electron chi connectivity index (χ1n) is 5.87. The molecule has 0 aliphatic carbocycles. The summed E-state index contributed by atoms with van der Waals surface area (Å²) in [5.74, 6) is -0.690. The molecule has 1 rings (SSSR count). The molecule has 1 aliphatic rings. The number of Topliss-reactive ketones (excluding diaryl/α,β-unsaturated/α-hetero) is 1. The van der Waals surface area contributed by atoms with Crippen LogP contribution in [0.2, 0.25) is 0 Å². The van der Waals surface area contributed by atoms with Crippen LogP contribution in [0.3, 0.4) is 0 Å². The molecule has 0 aromatic carbocycles. The number of ketones is 1. The van der Waals surface area contributed by atoms with Gasteiger partial charge in [-0.3, -0.25) is 9.59 Å². The van der Waals surface area contributed by atoms with E-state index in [2.05, 4.69) is 0 Å². The first-order valence-corrected chi connectivity index (χ1v) is 5.87. The van der Waals surface area contributed by atoms with Gasteiger partial charge in [0, 0.05) is 19.9 Å². The number of amides is 1. The molecule has 6 heteroatoms. The second kappa shape index (κ2) is 5.37. The normalized spacial score (nSPS) is 20.6. The Hall–Kier alpha value is -1.59. The van der Waals surface area contributed by atoms with Crippen molar-refractivity contribution in [1.82, 2.24) is 4.90 Å². The van der Waals surface area contributed by atoms with E-state index in [0.29, 0.717) is 6.54 Å². The van der Waals surface area contributed by atoms with Gasteiger partial charge in [-0.05, 0) is 20.8 Å². The average Bonchev–Trinajstić information content (AvgIpc) is 2.17. The van der Waals surface area contributed by atoms with E-state index in [1.54, 1.807) is 20.8 Å². The van der Waals surface area contributed by atoms with Gasteiger partial charge in [0.25, 0.3) is 0 Å². The molecule has 6 nitrogen and oxygen atoms in total. The first kappa shape index (κ1) is 14.5. The van der Waals surface area contributed by atoms with E-state index in [0.717, 1.165) is 0 Å². The predicted molar refractivity (Wildman–Crippen MR) is 63.0 cm³/mol. The number of piperidine rings is 1. The van der Waals surface area contributed by atoms with Crippen molar-refractivity contribution >= 4 is 17.8 Å². The Labute approximate surface area is 106 Å². The molecule has 0 spiro atoms. The third-order valence-corrected chi connectivity index (χ3v) is 2.33. The number of ether oxygens (including phenoxy) is 2. The van der Waals surface area contributed by atoms with Crippen molar-refractivity contribution in [1.29, 1.82) is 0 Å². The van der Waals surface area contributed by atoms with Gasteiger partial charge < -0.3 is 14.4 Å². The van der Waals surface area contributed by atoms with Gasteiger partial charge >= 0.3 is 12.1 Å². The van der Waals surface area contributed by atoms with Crippen LogP contribution in [0.1, 0.15) is 34.1 Å². The number of rotatable bonds is 1. The molecule has 1 fully saturated rings. The van der Waals surface area contributed by atoms with E-state index >= 15 is 0 Å². The van der Waals surface area contributed by atoms with E-state index < -0.39 is 23.8 Å². The first-order chi connectivity index (χ1) is 8.19. The highest BCUT2D eigenvalue weighted by atomic mass is 16.6. The molecule has 1 amide bonds. The molecule has 0 N–H and O–H groups in total. The number of hydrogen-bond donors (Lipinski definition) is 0. The highest BCUT2D eigenvalue weighted by molar-refractivity contribution is 5.87. The molecule has 0 aromatic rings. The Morgan fingerprint density at radius 1 is 1.33 bits per heavy atom. The molecule has 1 heterocycles. The van der Waals surface area contributed by atoms with Gasteiger partial charge in [-0.2, -0.15) is 0 Å². The lowest BCUT2D eigenvalue weighted by Gasteiger charge is -2.32. The summed E-state index contributed by atoms with van der Waals surface area (Å²) in [5, 5.41) is 0. The summed E-state index contributed by atoms with van der Waals surface area (Å²) in [4.78, 5) is 35.6. The van der Waals surface area contributed by atoms with E-state index in [1.165, 1.54) is 11.8 Å². The van der Waals surface area contributed by atoms with Crippen molar-refractivity contribution in [2.45, 2.75) is 45.8 Å². The largest absolute Gasteiger partial charge is 0.453 e. The fraction of sp³-hybridized carbons (Fsp3) is 0.750. The Bertz CT molecular complexity index is 358. The van der Waals surface area contributed by atoms with E-state index in [-0.39, 0.29) is 18.7 Å². The van der Waals surface area contributed by atoms with E-state index in [1.807, 2.05) is 0 Å². The monoisotopic (exact) mass is 257 g/mol. The van der Waals surface area contributed by atoms with E-state index in [9.17, 15) is 14.4 Å². The molecule has 1 saturated heterocycles. The quantitative estimate of drug-likeness (QED) is 0.658. The summed E-state index contributed by atoms with van der Waals surface area (Å²) < 4.78 is 10.1. The van der Waals surface area contributed by atoms with Crippen molar-refractivity contribution in [3.05, 3.63) is 0 Å². The molecule has 1 atom stereocenters. The van der Waals surface area contributed by atoms with Crippen LogP contribution < -0.4 is 0 Å². The van der Waals surface area contributed by atoms with Crippen LogP contribution in [-0.4, -0.2) is 47.5 Å². The second-order valence-corrected chi connectivity index (χ2v) is 5.24. The molecular formula is C12H19NO5. The summed E-state index contributed by atoms with van der Waals surface area (Å²) in [6.07, 6.45) is -1.19. The molecule has 0 unspecified atom stereocenters. The van der Waals surface area contributed by atoms with Crippen molar-refractivity contribution in [3.8, 4) is 0 Å². The smallest absolute Gasteiger partial charge is 0.410 e. The summed E-state index contributed by atoms with van der Waals surface area (Å²) in [6, 6.07) is 0. The van der Waals surface area contributed by atoms with Gasteiger partial charge in [-0.1, -0.05) is 0 Å². The van der Waals surface area contributed by atoms with Crippen LogP contribution in [0.4, 0.5) is 4.79 Å². The fourth-order valence-corrected chi connectivity index (χ4v) is 1.60. The predicted octanol–water partition coefficient (Wildman–Crippen LogP) is 1.13. The summed E-state index contributed by atoms with van der Waals surface area (Å²) in [7, 11) is 0. The number of hydrogen-bond acceptors (Lipinski definition) is 5. The Morgan fingerprint density at radius 3 is 2.44 bits per heavy atom. The highest BCUT2D eigenvalue weighted by Crippen LogP contribution is 2.15. The molecular weight excluding hydrogens is 238 g/mol. The molecule has 102 valence electrons. The molecule has 0 aromatic heterocycles. The topological polar surface area (TPSA) is 72.9 Å². The average molecular weight is 257 g/mol. The molecule has 0 saturated carbocycles. The minimum absolute atomic E-state index is 0.0628. The Morgan fingerprint density at radius 2 is 1.94 bits per heavy atom. The molecule has 18 heavy (non-hydrogen) atoms. The van der Waals surface area contributed by atoms with Crippen LogP contribution in [0.5, 0.6) is 0 Å². The zero-order valence-corrected chi connectivity index (χ0v) is 11.2. The second-order valence-electron chi connectivity index (χ2n) is 5.24. The zero-order chi connectivity index (χ0) is 13.9. The van der Waals surface area contributed by atoms with Gasteiger partial charge in [-0.15, -0.1) is 0 Å². The molecule has 1 aliphatic heterocycles. The van der Waals surface area contributed by atoms with Crippen molar-refractivity contribution in [2.75, 3.05) is 13.1 Å². The lowest BCUT2D eigenvalue weighted by Crippen LogP contribution is -2.49. The van der Waals surface area contributed by atoms with Gasteiger partial charge in [0.05, 0.1) is 6.54 Å². The van der Waals surface area contributed by atoms with Gasteiger partial charge in [0.2, 0.25) is 0 Å². The van der Waals surface area contributed by atoms with Crippen LogP contribution in [0.25, 0.3) is 0 Å². The standard InChI is InChI=1S/C12H19NO5/c1-8(14)17-10-7-13(6-5-9(10)15)11(16)18-12(2,3)4/h10H,5-7H2,1-4H3/t10-/m0/s1. The summed E-state index contributed by atoms with van der Waals surface area (Å²) in [6.45, 7) is 6.90. The van der Waals surface area contributed by atoms with Crippen LogP contribution in [0.15, 0.2) is 0 Å². The number of carbonyl (C=O) groups excluding carboxylic acids is 3. The van der Waals surface area contributed by atoms with Crippen molar-refractivity contribution in [2.24, 2.45) is 0 Å². The fourth-order valence-electron chi connectivity index (χ4n) is 1.60. The van der Waals surface area contributed by atoms with E-state index in [4.69, 9.17) is 9.47 Å². The summed E-state index contributed by atoms with van der Waals surface area (Å²) in [5.41, 5.74) is -0.588. The maximum atomic E-state index is 11.8. The minimum Gasteiger partial charge on any atom is -0.453 e. The highest BCUT2D eigenvalue weighted by Gasteiger charge is 2.33. The van der Waals surface area contributed by atoms with Gasteiger partial charge in [-0.25, -0.2) is 4.79 Å². The minimum atomic E-state index is -0.872. The number of nitrogens with zero attached hydrogens (tertiary/aromatic N) is 1. The SMILES string of the molecule is CC(=O)O[C@H]1CN(C(=O)OC(C)(C)C)CCC1=O. The third kappa shape index (κ3) is 4.35. The zero-order valence-electron chi connectivity index (χ0n) is 11.2. The Balaban J connectivity index is 2.61. The van der Waals surface area contributed by atoms with Gasteiger partial charge in [0.15, 0.2) is 11.9 Å². The molecule has 0 radical (unpaired) electrons. The summed E-state index contributed by atoms with van der Waals surface area (Å²) >= 11 is 0. The number of likely N-dealkylation sites (tertiary alicyclic amines) is 1. The molecule has 0 bridgehead atoms. The maximum Gasteiger partial charge on any atom is 0.410 e. The number of carbonyl (C=O) groups is 3. The van der Waals surface area contributed by atoms with Crippen LogP contribution in [-0.2, 0) is 19.1 Å². The lowest BCUT2D eigenvalue weighted by molar-refractivity contribution is -0.156. The Kier molecular flexibility index (Phi) is 4.32. The van der Waals surface area contributed by atoms with Crippen molar-refractivity contribution in [3.63, 3.8) is 0 Å². The number of esters is 1. The lowest BCUT2D eigenvalue weighted by atomic mass is 10.1. The van der Waals surface area contributed by atoms with Crippen LogP contribution >= 0.6 is 0 Å². The van der Waals surface area contributed by atoms with Crippen molar-refractivity contribution < 1.29 is 23.9 Å². The maximum absolute atomic E-state index is 11.8.